The van der Waals surface area contributed by atoms with Gasteiger partial charge in [0.25, 0.3) is 0 Å². The minimum absolute atomic E-state index is 0.0697. The smallest absolute Gasteiger partial charge is 0.311 e. The third-order valence-corrected chi connectivity index (χ3v) is 4.30. The number of hydrogen-bond donors (Lipinski definition) is 0. The number of esters is 2. The Kier molecular flexibility index (Phi) is 9.16. The van der Waals surface area contributed by atoms with Crippen LogP contribution >= 0.6 is 23.2 Å². The van der Waals surface area contributed by atoms with Gasteiger partial charge in [0.05, 0.1) is 5.02 Å². The van der Waals surface area contributed by atoms with Crippen LogP contribution < -0.4 is 4.74 Å². The molecule has 1 aromatic rings. The van der Waals surface area contributed by atoms with Gasteiger partial charge in [-0.15, -0.1) is 0 Å². The first-order chi connectivity index (χ1) is 11.3. The molecule has 0 aliphatic rings. The molecular formula is C18H24Cl2O4. The molecule has 24 heavy (non-hydrogen) atoms. The lowest BCUT2D eigenvalue weighted by molar-refractivity contribution is -0.151. The van der Waals surface area contributed by atoms with Gasteiger partial charge in [-0.2, -0.15) is 0 Å². The first-order valence-corrected chi connectivity index (χ1v) is 8.94. The van der Waals surface area contributed by atoms with Crippen molar-refractivity contribution in [1.82, 2.24) is 0 Å². The van der Waals surface area contributed by atoms with Gasteiger partial charge in [0.2, 0.25) is 0 Å². The van der Waals surface area contributed by atoms with E-state index in [9.17, 15) is 9.59 Å². The van der Waals surface area contributed by atoms with E-state index in [0.29, 0.717) is 11.4 Å². The summed E-state index contributed by atoms with van der Waals surface area (Å²) in [5.74, 6) is -0.236. The monoisotopic (exact) mass is 374 g/mol. The molecule has 1 unspecified atom stereocenters. The third-order valence-electron chi connectivity index (χ3n) is 3.50. The van der Waals surface area contributed by atoms with Crippen LogP contribution in [0.15, 0.2) is 18.2 Å². The number of carbonyl (C=O) groups excluding carboxylic acids is 2. The molecule has 0 bridgehead atoms. The Labute approximate surface area is 153 Å². The van der Waals surface area contributed by atoms with Crippen molar-refractivity contribution in [2.75, 3.05) is 0 Å². The van der Waals surface area contributed by atoms with Gasteiger partial charge in [0, 0.05) is 12.8 Å². The zero-order valence-electron chi connectivity index (χ0n) is 14.3. The van der Waals surface area contributed by atoms with E-state index in [1.807, 2.05) is 13.8 Å². The van der Waals surface area contributed by atoms with Gasteiger partial charge in [-0.3, -0.25) is 9.59 Å². The Hall–Kier alpha value is -1.26. The molecule has 0 aromatic heterocycles. The highest BCUT2D eigenvalue weighted by molar-refractivity contribution is 6.43. The Morgan fingerprint density at radius 3 is 2.42 bits per heavy atom. The molecule has 0 fully saturated rings. The predicted molar refractivity (Wildman–Crippen MR) is 95.6 cm³/mol. The summed E-state index contributed by atoms with van der Waals surface area (Å²) < 4.78 is 10.6. The van der Waals surface area contributed by atoms with Gasteiger partial charge in [-0.05, 0) is 30.9 Å². The van der Waals surface area contributed by atoms with E-state index in [1.165, 1.54) is 0 Å². The number of benzene rings is 1. The molecule has 0 saturated heterocycles. The van der Waals surface area contributed by atoms with Crippen molar-refractivity contribution >= 4 is 35.1 Å². The van der Waals surface area contributed by atoms with E-state index in [2.05, 4.69) is 6.92 Å². The zero-order chi connectivity index (χ0) is 18.1. The lowest BCUT2D eigenvalue weighted by Gasteiger charge is -2.20. The molecule has 1 aromatic carbocycles. The van der Waals surface area contributed by atoms with Crippen molar-refractivity contribution in [1.29, 1.82) is 0 Å². The molecule has 1 atom stereocenters. The number of rotatable bonds is 9. The van der Waals surface area contributed by atoms with E-state index in [-0.39, 0.29) is 41.6 Å². The summed E-state index contributed by atoms with van der Waals surface area (Å²) in [6, 6.07) is 4.82. The van der Waals surface area contributed by atoms with Crippen molar-refractivity contribution in [3.05, 3.63) is 28.2 Å². The molecule has 0 saturated carbocycles. The molecule has 0 radical (unpaired) electrons. The van der Waals surface area contributed by atoms with Crippen LogP contribution in [0.5, 0.6) is 5.75 Å². The quantitative estimate of drug-likeness (QED) is 0.426. The molecule has 1 rings (SSSR count). The summed E-state index contributed by atoms with van der Waals surface area (Å²) in [4.78, 5) is 23.7. The fourth-order valence-electron chi connectivity index (χ4n) is 2.15. The maximum absolute atomic E-state index is 11.9. The van der Waals surface area contributed by atoms with Crippen LogP contribution in [0.4, 0.5) is 0 Å². The van der Waals surface area contributed by atoms with Crippen LogP contribution in [0.3, 0.4) is 0 Å². The maximum atomic E-state index is 11.9. The molecule has 134 valence electrons. The number of ether oxygens (including phenoxy) is 2. The molecule has 0 spiro atoms. The van der Waals surface area contributed by atoms with Gasteiger partial charge in [-0.1, -0.05) is 56.5 Å². The van der Waals surface area contributed by atoms with Gasteiger partial charge < -0.3 is 9.47 Å². The van der Waals surface area contributed by atoms with E-state index in [4.69, 9.17) is 32.7 Å². The predicted octanol–water partition coefficient (Wildman–Crippen LogP) is 5.44. The van der Waals surface area contributed by atoms with E-state index in [1.54, 1.807) is 18.2 Å². The second kappa shape index (κ2) is 10.6. The topological polar surface area (TPSA) is 52.6 Å². The van der Waals surface area contributed by atoms with Crippen molar-refractivity contribution in [3.63, 3.8) is 0 Å². The Morgan fingerprint density at radius 2 is 1.79 bits per heavy atom. The minimum Gasteiger partial charge on any atom is -0.462 e. The fourth-order valence-corrected chi connectivity index (χ4v) is 2.48. The number of halogens is 2. The molecule has 0 aliphatic heterocycles. The van der Waals surface area contributed by atoms with Crippen LogP contribution in [0.2, 0.25) is 10.0 Å². The van der Waals surface area contributed by atoms with Gasteiger partial charge in [0.15, 0.2) is 5.75 Å². The highest BCUT2D eigenvalue weighted by Gasteiger charge is 2.18. The summed E-state index contributed by atoms with van der Waals surface area (Å²) in [5.41, 5.74) is 0. The summed E-state index contributed by atoms with van der Waals surface area (Å²) >= 11 is 11.8. The van der Waals surface area contributed by atoms with Gasteiger partial charge in [-0.25, -0.2) is 0 Å². The number of carbonyl (C=O) groups is 2. The van der Waals surface area contributed by atoms with Crippen molar-refractivity contribution in [2.24, 2.45) is 5.92 Å². The van der Waals surface area contributed by atoms with Gasteiger partial charge in [0.1, 0.15) is 11.1 Å². The molecule has 0 heterocycles. The molecule has 0 N–H and O–H groups in total. The minimum atomic E-state index is -0.457. The summed E-state index contributed by atoms with van der Waals surface area (Å²) in [5, 5.41) is 0.521. The van der Waals surface area contributed by atoms with Crippen LogP contribution in [0, 0.1) is 5.92 Å². The summed E-state index contributed by atoms with van der Waals surface area (Å²) in [6.45, 7) is 6.11. The summed E-state index contributed by atoms with van der Waals surface area (Å²) in [7, 11) is 0. The second-order valence-corrected chi connectivity index (χ2v) is 6.73. The van der Waals surface area contributed by atoms with Crippen LogP contribution in [0.1, 0.15) is 52.9 Å². The number of hydrogen-bond acceptors (Lipinski definition) is 4. The zero-order valence-corrected chi connectivity index (χ0v) is 15.8. The van der Waals surface area contributed by atoms with Crippen LogP contribution in [-0.4, -0.2) is 18.0 Å². The average molecular weight is 375 g/mol. The molecule has 0 amide bonds. The Balaban J connectivity index is 2.37. The Morgan fingerprint density at radius 1 is 1.12 bits per heavy atom. The van der Waals surface area contributed by atoms with Crippen LogP contribution in [0.25, 0.3) is 0 Å². The van der Waals surface area contributed by atoms with E-state index < -0.39 is 5.97 Å². The largest absolute Gasteiger partial charge is 0.462 e. The SMILES string of the molecule is CCCC(OC(=O)CCCC(=O)Oc1cccc(Cl)c1Cl)C(C)C. The van der Waals surface area contributed by atoms with E-state index in [0.717, 1.165) is 12.8 Å². The lowest BCUT2D eigenvalue weighted by atomic mass is 10.0. The first-order valence-electron chi connectivity index (χ1n) is 8.19. The first kappa shape index (κ1) is 20.8. The fraction of sp³-hybridized carbons (Fsp3) is 0.556. The van der Waals surface area contributed by atoms with Crippen LogP contribution in [-0.2, 0) is 14.3 Å². The molecule has 0 aliphatic carbocycles. The summed E-state index contributed by atoms with van der Waals surface area (Å²) in [6.07, 6.45) is 2.40. The average Bonchev–Trinajstić information content (AvgIpc) is 2.51. The highest BCUT2D eigenvalue weighted by Crippen LogP contribution is 2.31. The maximum Gasteiger partial charge on any atom is 0.311 e. The van der Waals surface area contributed by atoms with Crippen molar-refractivity contribution in [3.8, 4) is 5.75 Å². The molecule has 6 heteroatoms. The molecule has 4 nitrogen and oxygen atoms in total. The normalized spacial score (nSPS) is 12.1. The molecular weight excluding hydrogens is 351 g/mol. The standard InChI is InChI=1S/C18H24Cl2O4/c1-4-7-14(12(2)3)23-16(21)10-6-11-17(22)24-15-9-5-8-13(19)18(15)20/h5,8-9,12,14H,4,6-7,10-11H2,1-3H3. The van der Waals surface area contributed by atoms with Crippen molar-refractivity contribution in [2.45, 2.75) is 59.0 Å². The highest BCUT2D eigenvalue weighted by atomic mass is 35.5. The van der Waals surface area contributed by atoms with E-state index >= 15 is 0 Å². The van der Waals surface area contributed by atoms with Gasteiger partial charge >= 0.3 is 11.9 Å². The third kappa shape index (κ3) is 7.10. The lowest BCUT2D eigenvalue weighted by Crippen LogP contribution is -2.23. The second-order valence-electron chi connectivity index (χ2n) is 5.94. The van der Waals surface area contributed by atoms with Crippen molar-refractivity contribution < 1.29 is 19.1 Å². The Bertz CT molecular complexity index is 558.